The summed E-state index contributed by atoms with van der Waals surface area (Å²) in [5, 5.41) is 11.1. The van der Waals surface area contributed by atoms with Crippen LogP contribution in [0.5, 0.6) is 0 Å². The van der Waals surface area contributed by atoms with Crippen molar-refractivity contribution in [2.75, 3.05) is 12.4 Å². The molecule has 1 heterocycles. The molecule has 25 heavy (non-hydrogen) atoms. The van der Waals surface area contributed by atoms with E-state index in [-0.39, 0.29) is 30.0 Å². The minimum atomic E-state index is -1.32. The van der Waals surface area contributed by atoms with E-state index in [2.05, 4.69) is 6.92 Å². The number of aliphatic hydroxyl groups is 1. The van der Waals surface area contributed by atoms with Crippen molar-refractivity contribution in [3.8, 4) is 0 Å². The van der Waals surface area contributed by atoms with Crippen LogP contribution in [0.1, 0.15) is 45.1 Å². The number of ether oxygens (including phenoxy) is 1. The lowest BCUT2D eigenvalue weighted by Crippen LogP contribution is -2.50. The number of benzene rings is 1. The van der Waals surface area contributed by atoms with Crippen LogP contribution in [-0.2, 0) is 20.9 Å². The number of amides is 1. The third-order valence-corrected chi connectivity index (χ3v) is 5.94. The predicted octanol–water partition coefficient (Wildman–Crippen LogP) is 2.96. The molecule has 138 valence electrons. The van der Waals surface area contributed by atoms with Crippen LogP contribution in [0.3, 0.4) is 0 Å². The number of rotatable bonds is 9. The van der Waals surface area contributed by atoms with E-state index in [1.807, 2.05) is 30.3 Å². The number of thioether (sulfide) groups is 1. The second-order valence-electron chi connectivity index (χ2n) is 6.21. The Hall–Kier alpha value is -1.53. The molecule has 1 fully saturated rings. The maximum atomic E-state index is 12.6. The predicted molar refractivity (Wildman–Crippen MR) is 99.0 cm³/mol. The van der Waals surface area contributed by atoms with Gasteiger partial charge in [0, 0.05) is 19.4 Å². The van der Waals surface area contributed by atoms with Crippen molar-refractivity contribution >= 4 is 23.6 Å². The smallest absolute Gasteiger partial charge is 0.305 e. The van der Waals surface area contributed by atoms with Gasteiger partial charge in [0.05, 0.1) is 18.3 Å². The van der Waals surface area contributed by atoms with Gasteiger partial charge in [0.25, 0.3) is 0 Å². The molecule has 0 spiro atoms. The van der Waals surface area contributed by atoms with Crippen LogP contribution in [-0.4, -0.2) is 45.2 Å². The number of hydrogen-bond donors (Lipinski definition) is 1. The standard InChI is InChI=1S/C19H27NO4S/c1-3-12-25-16-13-17(21)20(14-15-8-6-5-7-9-15)19(16,23)11-10-18(22)24-4-2/h5-9,16,23H,3-4,10-14H2,1-2H3. The van der Waals surface area contributed by atoms with Gasteiger partial charge in [-0.15, -0.1) is 0 Å². The highest BCUT2D eigenvalue weighted by Gasteiger charge is 2.51. The Balaban J connectivity index is 2.17. The summed E-state index contributed by atoms with van der Waals surface area (Å²) in [5.74, 6) is 0.469. The van der Waals surface area contributed by atoms with E-state index < -0.39 is 5.72 Å². The minimum absolute atomic E-state index is 0.0659. The van der Waals surface area contributed by atoms with Crippen molar-refractivity contribution in [1.29, 1.82) is 0 Å². The van der Waals surface area contributed by atoms with Crippen molar-refractivity contribution in [2.24, 2.45) is 0 Å². The molecular weight excluding hydrogens is 338 g/mol. The molecule has 0 aromatic heterocycles. The largest absolute Gasteiger partial charge is 0.466 e. The van der Waals surface area contributed by atoms with Crippen molar-refractivity contribution in [3.05, 3.63) is 35.9 Å². The lowest BCUT2D eigenvalue weighted by atomic mass is 10.0. The molecule has 2 atom stereocenters. The molecule has 0 aliphatic carbocycles. The van der Waals surface area contributed by atoms with Crippen LogP contribution >= 0.6 is 11.8 Å². The molecular formula is C19H27NO4S. The maximum absolute atomic E-state index is 12.6. The summed E-state index contributed by atoms with van der Waals surface area (Å²) in [4.78, 5) is 25.9. The van der Waals surface area contributed by atoms with Crippen molar-refractivity contribution in [3.63, 3.8) is 0 Å². The van der Waals surface area contributed by atoms with Crippen LogP contribution < -0.4 is 0 Å². The number of likely N-dealkylation sites (tertiary alicyclic amines) is 1. The first-order valence-corrected chi connectivity index (χ1v) is 9.90. The van der Waals surface area contributed by atoms with Crippen LogP contribution in [0.4, 0.5) is 0 Å². The first-order valence-electron chi connectivity index (χ1n) is 8.85. The second kappa shape index (κ2) is 9.25. The second-order valence-corrected chi connectivity index (χ2v) is 7.52. The molecule has 1 saturated heterocycles. The van der Waals surface area contributed by atoms with Crippen molar-refractivity contribution in [1.82, 2.24) is 4.90 Å². The molecule has 0 radical (unpaired) electrons. The average molecular weight is 365 g/mol. The van der Waals surface area contributed by atoms with Crippen LogP contribution in [0.2, 0.25) is 0 Å². The molecule has 1 N–H and O–H groups in total. The Kier molecular flexibility index (Phi) is 7.32. The van der Waals surface area contributed by atoms with E-state index in [0.29, 0.717) is 19.6 Å². The van der Waals surface area contributed by atoms with Crippen LogP contribution in [0, 0.1) is 0 Å². The number of nitrogens with zero attached hydrogens (tertiary/aromatic N) is 1. The Morgan fingerprint density at radius 1 is 1.36 bits per heavy atom. The topological polar surface area (TPSA) is 66.8 Å². The molecule has 1 aromatic rings. The summed E-state index contributed by atoms with van der Waals surface area (Å²) in [6.45, 7) is 4.50. The number of esters is 1. The lowest BCUT2D eigenvalue weighted by Gasteiger charge is -2.37. The number of hydrogen-bond acceptors (Lipinski definition) is 5. The highest BCUT2D eigenvalue weighted by atomic mass is 32.2. The number of carbonyl (C=O) groups is 2. The molecule has 1 amide bonds. The molecule has 2 unspecified atom stereocenters. The van der Waals surface area contributed by atoms with Gasteiger partial charge in [0.15, 0.2) is 5.72 Å². The fraction of sp³-hybridized carbons (Fsp3) is 0.579. The fourth-order valence-corrected chi connectivity index (χ4v) is 4.37. The summed E-state index contributed by atoms with van der Waals surface area (Å²) in [6.07, 6.45) is 1.58. The van der Waals surface area contributed by atoms with Gasteiger partial charge in [-0.2, -0.15) is 11.8 Å². The van der Waals surface area contributed by atoms with E-state index in [1.165, 1.54) is 4.90 Å². The maximum Gasteiger partial charge on any atom is 0.305 e. The van der Waals surface area contributed by atoms with Gasteiger partial charge in [-0.25, -0.2) is 0 Å². The third-order valence-electron chi connectivity index (χ3n) is 4.35. The van der Waals surface area contributed by atoms with Gasteiger partial charge in [0.1, 0.15) is 0 Å². The zero-order valence-electron chi connectivity index (χ0n) is 14.9. The molecule has 6 heteroatoms. The summed E-state index contributed by atoms with van der Waals surface area (Å²) < 4.78 is 4.98. The highest BCUT2D eigenvalue weighted by molar-refractivity contribution is 8.00. The Bertz CT molecular complexity index is 580. The first-order chi connectivity index (χ1) is 12.0. The molecule has 2 rings (SSSR count). The summed E-state index contributed by atoms with van der Waals surface area (Å²) in [7, 11) is 0. The van der Waals surface area contributed by atoms with E-state index in [9.17, 15) is 14.7 Å². The monoisotopic (exact) mass is 365 g/mol. The van der Waals surface area contributed by atoms with Gasteiger partial charge < -0.3 is 14.7 Å². The van der Waals surface area contributed by atoms with E-state index in [0.717, 1.165) is 17.7 Å². The Morgan fingerprint density at radius 2 is 2.08 bits per heavy atom. The van der Waals surface area contributed by atoms with Gasteiger partial charge in [-0.1, -0.05) is 37.3 Å². The third kappa shape index (κ3) is 4.98. The number of carbonyl (C=O) groups excluding carboxylic acids is 2. The lowest BCUT2D eigenvalue weighted by molar-refractivity contribution is -0.154. The zero-order valence-corrected chi connectivity index (χ0v) is 15.8. The van der Waals surface area contributed by atoms with E-state index in [1.54, 1.807) is 18.7 Å². The average Bonchev–Trinajstić information content (AvgIpc) is 2.84. The van der Waals surface area contributed by atoms with Gasteiger partial charge >= 0.3 is 5.97 Å². The zero-order chi connectivity index (χ0) is 18.3. The van der Waals surface area contributed by atoms with Crippen molar-refractivity contribution in [2.45, 2.75) is 57.1 Å². The van der Waals surface area contributed by atoms with Gasteiger partial charge in [-0.05, 0) is 24.7 Å². The molecule has 1 aromatic carbocycles. The molecule has 1 aliphatic heterocycles. The van der Waals surface area contributed by atoms with Gasteiger partial charge in [-0.3, -0.25) is 9.59 Å². The van der Waals surface area contributed by atoms with Crippen LogP contribution in [0.25, 0.3) is 0 Å². The summed E-state index contributed by atoms with van der Waals surface area (Å²) in [6, 6.07) is 9.62. The van der Waals surface area contributed by atoms with E-state index >= 15 is 0 Å². The van der Waals surface area contributed by atoms with Crippen molar-refractivity contribution < 1.29 is 19.4 Å². The molecule has 0 bridgehead atoms. The first kappa shape index (κ1) is 19.8. The highest BCUT2D eigenvalue weighted by Crippen LogP contribution is 2.41. The van der Waals surface area contributed by atoms with Crippen LogP contribution in [0.15, 0.2) is 30.3 Å². The molecule has 5 nitrogen and oxygen atoms in total. The Morgan fingerprint density at radius 3 is 2.72 bits per heavy atom. The summed E-state index contributed by atoms with van der Waals surface area (Å²) in [5.41, 5.74) is -0.356. The van der Waals surface area contributed by atoms with E-state index in [4.69, 9.17) is 4.74 Å². The normalized spacial score (nSPS) is 23.1. The van der Waals surface area contributed by atoms with Gasteiger partial charge in [0.2, 0.25) is 5.91 Å². The SMILES string of the molecule is CCCSC1CC(=O)N(Cc2ccccc2)C1(O)CCC(=O)OCC. The molecule has 0 saturated carbocycles. The summed E-state index contributed by atoms with van der Waals surface area (Å²) >= 11 is 1.61. The minimum Gasteiger partial charge on any atom is -0.466 e. The Labute approximate surface area is 153 Å². The quantitative estimate of drug-likeness (QED) is 0.682. The fourth-order valence-electron chi connectivity index (χ4n) is 3.08. The molecule has 1 aliphatic rings.